The summed E-state index contributed by atoms with van der Waals surface area (Å²) in [6, 6.07) is 8.42. The molecule has 30 heavy (non-hydrogen) atoms. The number of ether oxygens (including phenoxy) is 1. The molecule has 0 saturated carbocycles. The third kappa shape index (κ3) is 4.64. The van der Waals surface area contributed by atoms with E-state index < -0.39 is 0 Å². The zero-order valence-corrected chi connectivity index (χ0v) is 19.6. The zero-order chi connectivity index (χ0) is 22.1. The molecule has 1 N–H and O–H groups in total. The molecule has 0 saturated heterocycles. The molecule has 1 amide bonds. The molecule has 1 heterocycles. The number of fused-ring (bicyclic) bond motifs is 1. The molecule has 0 fully saturated rings. The second-order valence-electron chi connectivity index (χ2n) is 10.1. The van der Waals surface area contributed by atoms with E-state index in [0.717, 1.165) is 12.2 Å². The van der Waals surface area contributed by atoms with Crippen LogP contribution in [0.1, 0.15) is 92.4 Å². The lowest BCUT2D eigenvalue weighted by atomic mass is 9.62. The molecule has 1 aromatic heterocycles. The number of amides is 1. The Hall–Kier alpha value is -2.07. The summed E-state index contributed by atoms with van der Waals surface area (Å²) >= 11 is 0. The van der Waals surface area contributed by atoms with Gasteiger partial charge in [-0.05, 0) is 71.4 Å². The van der Waals surface area contributed by atoms with Gasteiger partial charge in [0.25, 0.3) is 5.91 Å². The lowest BCUT2D eigenvalue weighted by Gasteiger charge is -2.42. The second kappa shape index (κ2) is 8.58. The lowest BCUT2D eigenvalue weighted by Crippen LogP contribution is -2.37. The summed E-state index contributed by atoms with van der Waals surface area (Å²) in [6.07, 6.45) is 3.91. The fraction of sp³-hybridized carbons (Fsp3) is 0.577. The Morgan fingerprint density at radius 3 is 2.37 bits per heavy atom. The smallest absolute Gasteiger partial charge is 0.287 e. The van der Waals surface area contributed by atoms with Gasteiger partial charge in [0.15, 0.2) is 5.76 Å². The minimum atomic E-state index is -0.185. The molecule has 1 aliphatic rings. The standard InChI is InChI=1S/C26H37NO3/c1-8-19(16-29-7)27-24(28)23-10-9-20(30-23)14-18-15-22-21(13-17(18)2)25(3,4)11-12-26(22,5)6/h9-10,13,15,19H,8,11-12,14,16H2,1-7H3,(H,27,28). The van der Waals surface area contributed by atoms with Crippen molar-refractivity contribution < 1.29 is 13.9 Å². The molecule has 0 spiro atoms. The van der Waals surface area contributed by atoms with Crippen LogP contribution < -0.4 is 5.32 Å². The highest BCUT2D eigenvalue weighted by Gasteiger charge is 2.37. The van der Waals surface area contributed by atoms with E-state index in [0.29, 0.717) is 18.8 Å². The van der Waals surface area contributed by atoms with Gasteiger partial charge in [-0.1, -0.05) is 46.8 Å². The molecule has 1 unspecified atom stereocenters. The second-order valence-corrected chi connectivity index (χ2v) is 10.1. The Bertz CT molecular complexity index is 907. The van der Waals surface area contributed by atoms with Crippen molar-refractivity contribution in [2.24, 2.45) is 0 Å². The van der Waals surface area contributed by atoms with Gasteiger partial charge in [-0.15, -0.1) is 0 Å². The first kappa shape index (κ1) is 22.6. The molecule has 3 rings (SSSR count). The van der Waals surface area contributed by atoms with Crippen LogP contribution in [-0.2, 0) is 22.0 Å². The maximum atomic E-state index is 12.5. The van der Waals surface area contributed by atoms with E-state index in [1.807, 2.05) is 13.0 Å². The van der Waals surface area contributed by atoms with E-state index in [9.17, 15) is 4.79 Å². The van der Waals surface area contributed by atoms with E-state index >= 15 is 0 Å². The van der Waals surface area contributed by atoms with Crippen molar-refractivity contribution in [2.45, 2.75) is 84.1 Å². The number of aryl methyl sites for hydroxylation is 1. The van der Waals surface area contributed by atoms with E-state index in [1.54, 1.807) is 13.2 Å². The predicted octanol–water partition coefficient (Wildman–Crippen LogP) is 5.68. The van der Waals surface area contributed by atoms with Crippen molar-refractivity contribution in [3.8, 4) is 0 Å². The monoisotopic (exact) mass is 411 g/mol. The summed E-state index contributed by atoms with van der Waals surface area (Å²) in [5, 5.41) is 2.98. The largest absolute Gasteiger partial charge is 0.456 e. The Balaban J connectivity index is 1.82. The molecule has 1 aliphatic carbocycles. The molecule has 1 atom stereocenters. The fourth-order valence-corrected chi connectivity index (χ4v) is 4.46. The van der Waals surface area contributed by atoms with Crippen LogP contribution >= 0.6 is 0 Å². The molecular formula is C26H37NO3. The highest BCUT2D eigenvalue weighted by Crippen LogP contribution is 2.46. The van der Waals surface area contributed by atoms with Gasteiger partial charge in [0.2, 0.25) is 0 Å². The van der Waals surface area contributed by atoms with Crippen molar-refractivity contribution in [3.05, 3.63) is 58.0 Å². The van der Waals surface area contributed by atoms with Crippen LogP contribution in [0.2, 0.25) is 0 Å². The number of methoxy groups -OCH3 is 1. The number of carbonyl (C=O) groups excluding carboxylic acids is 1. The number of benzene rings is 1. The van der Waals surface area contributed by atoms with Gasteiger partial charge >= 0.3 is 0 Å². The van der Waals surface area contributed by atoms with Crippen molar-refractivity contribution in [2.75, 3.05) is 13.7 Å². The minimum absolute atomic E-state index is 0.00970. The van der Waals surface area contributed by atoms with E-state index in [4.69, 9.17) is 9.15 Å². The van der Waals surface area contributed by atoms with E-state index in [1.165, 1.54) is 35.1 Å². The first-order valence-electron chi connectivity index (χ1n) is 11.1. The maximum absolute atomic E-state index is 12.5. The van der Waals surface area contributed by atoms with Crippen LogP contribution in [0.15, 0.2) is 28.7 Å². The highest BCUT2D eigenvalue weighted by atomic mass is 16.5. The van der Waals surface area contributed by atoms with Gasteiger partial charge in [-0.2, -0.15) is 0 Å². The summed E-state index contributed by atoms with van der Waals surface area (Å²) in [7, 11) is 1.64. The number of rotatable bonds is 7. The van der Waals surface area contributed by atoms with Crippen molar-refractivity contribution in [1.29, 1.82) is 0 Å². The SMILES string of the molecule is CCC(COC)NC(=O)c1ccc(Cc2cc3c(cc2C)C(C)(C)CCC3(C)C)o1. The van der Waals surface area contributed by atoms with Gasteiger partial charge < -0.3 is 14.5 Å². The molecule has 0 radical (unpaired) electrons. The van der Waals surface area contributed by atoms with Crippen LogP contribution in [0.5, 0.6) is 0 Å². The Morgan fingerprint density at radius 2 is 1.77 bits per heavy atom. The molecule has 4 heteroatoms. The predicted molar refractivity (Wildman–Crippen MR) is 121 cm³/mol. The minimum Gasteiger partial charge on any atom is -0.456 e. The Labute approximate surface area is 181 Å². The Kier molecular flexibility index (Phi) is 6.47. The van der Waals surface area contributed by atoms with Gasteiger partial charge in [0.1, 0.15) is 5.76 Å². The zero-order valence-electron chi connectivity index (χ0n) is 19.6. The first-order chi connectivity index (χ1) is 14.1. The van der Waals surface area contributed by atoms with E-state index in [-0.39, 0.29) is 22.8 Å². The number of nitrogens with one attached hydrogen (secondary N) is 1. The average Bonchev–Trinajstić information content (AvgIpc) is 3.15. The third-order valence-corrected chi connectivity index (χ3v) is 6.76. The van der Waals surface area contributed by atoms with Crippen LogP contribution in [-0.4, -0.2) is 25.7 Å². The lowest BCUT2D eigenvalue weighted by molar-refractivity contribution is 0.0865. The number of hydrogen-bond donors (Lipinski definition) is 1. The van der Waals surface area contributed by atoms with Crippen molar-refractivity contribution in [1.82, 2.24) is 5.32 Å². The summed E-state index contributed by atoms with van der Waals surface area (Å²) < 4.78 is 11.1. The fourth-order valence-electron chi connectivity index (χ4n) is 4.46. The van der Waals surface area contributed by atoms with Crippen LogP contribution in [0.25, 0.3) is 0 Å². The van der Waals surface area contributed by atoms with Gasteiger partial charge in [-0.3, -0.25) is 4.79 Å². The molecule has 0 bridgehead atoms. The molecule has 0 aliphatic heterocycles. The summed E-state index contributed by atoms with van der Waals surface area (Å²) in [5.41, 5.74) is 5.87. The molecule has 4 nitrogen and oxygen atoms in total. The van der Waals surface area contributed by atoms with Crippen LogP contribution in [0.3, 0.4) is 0 Å². The van der Waals surface area contributed by atoms with Crippen LogP contribution in [0, 0.1) is 6.92 Å². The maximum Gasteiger partial charge on any atom is 0.287 e. The number of furan rings is 1. The van der Waals surface area contributed by atoms with Crippen molar-refractivity contribution in [3.63, 3.8) is 0 Å². The average molecular weight is 412 g/mol. The number of carbonyl (C=O) groups is 1. The normalized spacial score (nSPS) is 18.0. The topological polar surface area (TPSA) is 51.5 Å². The molecule has 1 aromatic carbocycles. The van der Waals surface area contributed by atoms with Gasteiger partial charge in [0, 0.05) is 13.5 Å². The highest BCUT2D eigenvalue weighted by molar-refractivity contribution is 5.91. The summed E-state index contributed by atoms with van der Waals surface area (Å²) in [4.78, 5) is 12.5. The first-order valence-corrected chi connectivity index (χ1v) is 11.1. The molecular weight excluding hydrogens is 374 g/mol. The van der Waals surface area contributed by atoms with Crippen molar-refractivity contribution >= 4 is 5.91 Å². The quantitative estimate of drug-likeness (QED) is 0.637. The molecule has 164 valence electrons. The van der Waals surface area contributed by atoms with Gasteiger partial charge in [-0.25, -0.2) is 0 Å². The van der Waals surface area contributed by atoms with E-state index in [2.05, 4.69) is 52.1 Å². The molecule has 2 aromatic rings. The Morgan fingerprint density at radius 1 is 1.13 bits per heavy atom. The van der Waals surface area contributed by atoms with Crippen LogP contribution in [0.4, 0.5) is 0 Å². The number of hydrogen-bond acceptors (Lipinski definition) is 3. The summed E-state index contributed by atoms with van der Waals surface area (Å²) in [6.45, 7) is 14.1. The van der Waals surface area contributed by atoms with Gasteiger partial charge in [0.05, 0.1) is 12.6 Å². The third-order valence-electron chi connectivity index (χ3n) is 6.76. The summed E-state index contributed by atoms with van der Waals surface area (Å²) in [5.74, 6) is 0.989.